The first-order valence-electron chi connectivity index (χ1n) is 10.8. The molecular formula is C26H30N2O3S. The molecule has 0 aliphatic heterocycles. The van der Waals surface area contributed by atoms with Crippen LogP contribution in [0.2, 0.25) is 0 Å². The van der Waals surface area contributed by atoms with Gasteiger partial charge in [-0.3, -0.25) is 9.10 Å². The molecule has 0 radical (unpaired) electrons. The molecule has 0 aliphatic carbocycles. The molecule has 1 atom stereocenters. The molecule has 168 valence electrons. The molecule has 3 aromatic carbocycles. The topological polar surface area (TPSA) is 66.5 Å². The smallest absolute Gasteiger partial charge is 0.264 e. The van der Waals surface area contributed by atoms with Crippen LogP contribution in [-0.2, 0) is 21.2 Å². The van der Waals surface area contributed by atoms with E-state index in [-0.39, 0.29) is 23.4 Å². The first kappa shape index (κ1) is 23.5. The van der Waals surface area contributed by atoms with Crippen LogP contribution in [0.15, 0.2) is 77.7 Å². The molecule has 3 rings (SSSR count). The van der Waals surface area contributed by atoms with Crippen LogP contribution < -0.4 is 9.62 Å². The van der Waals surface area contributed by atoms with E-state index in [9.17, 15) is 13.2 Å². The summed E-state index contributed by atoms with van der Waals surface area (Å²) >= 11 is 0. The van der Waals surface area contributed by atoms with Gasteiger partial charge in [0.15, 0.2) is 0 Å². The normalized spacial score (nSPS) is 12.2. The minimum Gasteiger partial charge on any atom is -0.348 e. The summed E-state index contributed by atoms with van der Waals surface area (Å²) in [5.74, 6) is -0.366. The second-order valence-electron chi connectivity index (χ2n) is 7.98. The molecule has 3 aromatic rings. The van der Waals surface area contributed by atoms with Crippen molar-refractivity contribution in [3.63, 3.8) is 0 Å². The van der Waals surface area contributed by atoms with Crippen LogP contribution >= 0.6 is 0 Å². The number of hydrogen-bond acceptors (Lipinski definition) is 3. The molecule has 1 unspecified atom stereocenters. The Bertz CT molecular complexity index is 1170. The van der Waals surface area contributed by atoms with Crippen LogP contribution in [0.4, 0.5) is 5.69 Å². The summed E-state index contributed by atoms with van der Waals surface area (Å²) in [6.07, 6.45) is 0.948. The number of carbonyl (C=O) groups is 1. The molecule has 5 nitrogen and oxygen atoms in total. The number of anilines is 1. The molecule has 0 bridgehead atoms. The van der Waals surface area contributed by atoms with Crippen molar-refractivity contribution in [3.05, 3.63) is 95.1 Å². The SMILES string of the molecule is CCc1ccc(C(C)NC(=O)CN(c2ccc(C)c(C)c2)S(=O)(=O)c2ccccc2)cc1. The van der Waals surface area contributed by atoms with Gasteiger partial charge in [-0.25, -0.2) is 8.42 Å². The number of amides is 1. The van der Waals surface area contributed by atoms with Gasteiger partial charge in [0, 0.05) is 0 Å². The predicted octanol–water partition coefficient (Wildman–Crippen LogP) is 4.94. The Hall–Kier alpha value is -3.12. The number of nitrogens with zero attached hydrogens (tertiary/aromatic N) is 1. The molecule has 1 amide bonds. The van der Waals surface area contributed by atoms with E-state index in [1.165, 1.54) is 9.87 Å². The highest BCUT2D eigenvalue weighted by molar-refractivity contribution is 7.92. The third kappa shape index (κ3) is 5.37. The number of carbonyl (C=O) groups excluding carboxylic acids is 1. The van der Waals surface area contributed by atoms with Crippen molar-refractivity contribution in [2.45, 2.75) is 45.1 Å². The van der Waals surface area contributed by atoms with Gasteiger partial charge < -0.3 is 5.32 Å². The van der Waals surface area contributed by atoms with Crippen molar-refractivity contribution in [2.24, 2.45) is 0 Å². The lowest BCUT2D eigenvalue weighted by molar-refractivity contribution is -0.120. The van der Waals surface area contributed by atoms with Crippen molar-refractivity contribution in [2.75, 3.05) is 10.8 Å². The quantitative estimate of drug-likeness (QED) is 0.529. The van der Waals surface area contributed by atoms with E-state index in [1.807, 2.05) is 51.1 Å². The van der Waals surface area contributed by atoms with Gasteiger partial charge in [-0.2, -0.15) is 0 Å². The average molecular weight is 451 g/mol. The molecule has 6 heteroatoms. The number of hydrogen-bond donors (Lipinski definition) is 1. The van der Waals surface area contributed by atoms with Gasteiger partial charge >= 0.3 is 0 Å². The highest BCUT2D eigenvalue weighted by Crippen LogP contribution is 2.26. The van der Waals surface area contributed by atoms with Crippen molar-refractivity contribution in [3.8, 4) is 0 Å². The fraction of sp³-hybridized carbons (Fsp3) is 0.269. The Kier molecular flexibility index (Phi) is 7.36. The van der Waals surface area contributed by atoms with E-state index in [0.29, 0.717) is 5.69 Å². The second-order valence-corrected chi connectivity index (χ2v) is 9.84. The molecule has 0 saturated heterocycles. The van der Waals surface area contributed by atoms with Crippen LogP contribution in [-0.4, -0.2) is 20.9 Å². The summed E-state index contributed by atoms with van der Waals surface area (Å²) in [6.45, 7) is 7.57. The van der Waals surface area contributed by atoms with Gasteiger partial charge in [-0.1, -0.05) is 55.5 Å². The average Bonchev–Trinajstić information content (AvgIpc) is 2.80. The van der Waals surface area contributed by atoms with Gasteiger partial charge in [0.1, 0.15) is 6.54 Å². The maximum atomic E-state index is 13.4. The zero-order chi connectivity index (χ0) is 23.3. The number of aryl methyl sites for hydroxylation is 3. The molecular weight excluding hydrogens is 420 g/mol. The highest BCUT2D eigenvalue weighted by atomic mass is 32.2. The summed E-state index contributed by atoms with van der Waals surface area (Å²) < 4.78 is 28.1. The maximum absolute atomic E-state index is 13.4. The fourth-order valence-corrected chi connectivity index (χ4v) is 4.89. The summed E-state index contributed by atoms with van der Waals surface area (Å²) in [4.78, 5) is 13.1. The zero-order valence-electron chi connectivity index (χ0n) is 19.0. The number of benzene rings is 3. The second kappa shape index (κ2) is 10.0. The van der Waals surface area contributed by atoms with Gasteiger partial charge in [-0.05, 0) is 73.7 Å². The molecule has 0 saturated carbocycles. The number of nitrogens with one attached hydrogen (secondary N) is 1. The van der Waals surface area contributed by atoms with Crippen LogP contribution in [0, 0.1) is 13.8 Å². The van der Waals surface area contributed by atoms with Crippen LogP contribution in [0.25, 0.3) is 0 Å². The van der Waals surface area contributed by atoms with Crippen molar-refractivity contribution >= 4 is 21.6 Å². The van der Waals surface area contributed by atoms with Crippen LogP contribution in [0.3, 0.4) is 0 Å². The van der Waals surface area contributed by atoms with E-state index in [1.54, 1.807) is 42.5 Å². The summed E-state index contributed by atoms with van der Waals surface area (Å²) in [7, 11) is -3.92. The maximum Gasteiger partial charge on any atom is 0.264 e. The number of rotatable bonds is 8. The van der Waals surface area contributed by atoms with E-state index < -0.39 is 10.0 Å². The third-order valence-corrected chi connectivity index (χ3v) is 7.45. The lowest BCUT2D eigenvalue weighted by atomic mass is 10.1. The fourth-order valence-electron chi connectivity index (χ4n) is 3.46. The molecule has 0 heterocycles. The Labute approximate surface area is 191 Å². The minimum absolute atomic E-state index is 0.147. The van der Waals surface area contributed by atoms with Crippen molar-refractivity contribution in [1.29, 1.82) is 0 Å². The van der Waals surface area contributed by atoms with Crippen LogP contribution in [0.1, 0.15) is 42.1 Å². The Morgan fingerprint density at radius 2 is 1.59 bits per heavy atom. The molecule has 32 heavy (non-hydrogen) atoms. The molecule has 1 N–H and O–H groups in total. The third-order valence-electron chi connectivity index (χ3n) is 5.66. The first-order chi connectivity index (χ1) is 15.2. The Morgan fingerprint density at radius 3 is 2.19 bits per heavy atom. The van der Waals surface area contributed by atoms with Crippen LogP contribution in [0.5, 0.6) is 0 Å². The van der Waals surface area contributed by atoms with E-state index in [0.717, 1.165) is 23.1 Å². The number of sulfonamides is 1. The highest BCUT2D eigenvalue weighted by Gasteiger charge is 2.27. The van der Waals surface area contributed by atoms with E-state index in [2.05, 4.69) is 12.2 Å². The Morgan fingerprint density at radius 1 is 0.938 bits per heavy atom. The Balaban J connectivity index is 1.88. The van der Waals surface area contributed by atoms with Crippen molar-refractivity contribution in [1.82, 2.24) is 5.32 Å². The summed E-state index contributed by atoms with van der Waals surface area (Å²) in [5.41, 5.74) is 4.67. The first-order valence-corrected chi connectivity index (χ1v) is 12.2. The molecule has 0 aliphatic rings. The van der Waals surface area contributed by atoms with Gasteiger partial charge in [-0.15, -0.1) is 0 Å². The molecule has 0 fully saturated rings. The van der Waals surface area contributed by atoms with E-state index in [4.69, 9.17) is 0 Å². The minimum atomic E-state index is -3.92. The van der Waals surface area contributed by atoms with E-state index >= 15 is 0 Å². The monoisotopic (exact) mass is 450 g/mol. The van der Waals surface area contributed by atoms with Gasteiger partial charge in [0.25, 0.3) is 10.0 Å². The zero-order valence-corrected chi connectivity index (χ0v) is 19.8. The summed E-state index contributed by atoms with van der Waals surface area (Å²) in [5, 5.41) is 2.94. The standard InChI is InChI=1S/C26H30N2O3S/c1-5-22-12-14-23(15-13-22)21(4)27-26(29)18-28(24-16-11-19(2)20(3)17-24)32(30,31)25-9-7-6-8-10-25/h6-17,21H,5,18H2,1-4H3,(H,27,29). The largest absolute Gasteiger partial charge is 0.348 e. The summed E-state index contributed by atoms with van der Waals surface area (Å²) in [6, 6.07) is 21.4. The van der Waals surface area contributed by atoms with Gasteiger partial charge in [0.2, 0.25) is 5.91 Å². The molecule has 0 spiro atoms. The lowest BCUT2D eigenvalue weighted by Gasteiger charge is -2.25. The van der Waals surface area contributed by atoms with Crippen molar-refractivity contribution < 1.29 is 13.2 Å². The van der Waals surface area contributed by atoms with Gasteiger partial charge in [0.05, 0.1) is 16.6 Å². The predicted molar refractivity (Wildman–Crippen MR) is 129 cm³/mol. The molecule has 0 aromatic heterocycles. The lowest BCUT2D eigenvalue weighted by Crippen LogP contribution is -2.41.